The molecule has 5 nitrogen and oxygen atoms in total. The molecule has 0 aliphatic rings. The topological polar surface area (TPSA) is 48.3 Å². The molecule has 2 aromatic rings. The van der Waals surface area contributed by atoms with Crippen molar-refractivity contribution in [3.8, 4) is 11.5 Å². The maximum atomic E-state index is 5.78. The van der Waals surface area contributed by atoms with Gasteiger partial charge in [0.25, 0.3) is 0 Å². The average Bonchev–Trinajstić information content (AvgIpc) is 2.83. The maximum Gasteiger partial charge on any atom is 0.161 e. The molecule has 0 atom stereocenters. The number of ether oxygens (including phenoxy) is 2. The lowest BCUT2D eigenvalue weighted by molar-refractivity contribution is 0.277. The second-order valence-corrected chi connectivity index (χ2v) is 4.30. The molecule has 0 aliphatic heterocycles. The third-order valence-electron chi connectivity index (χ3n) is 2.90. The first-order valence-electron chi connectivity index (χ1n) is 6.14. The molecule has 0 bridgehead atoms. The van der Waals surface area contributed by atoms with Crippen molar-refractivity contribution in [2.45, 2.75) is 13.2 Å². The Labute approximate surface area is 113 Å². The van der Waals surface area contributed by atoms with Gasteiger partial charge in [-0.15, -0.1) is 0 Å². The minimum absolute atomic E-state index is 0.470. The summed E-state index contributed by atoms with van der Waals surface area (Å²) in [6.07, 6.45) is 3.55. The van der Waals surface area contributed by atoms with Gasteiger partial charge in [0.2, 0.25) is 0 Å². The van der Waals surface area contributed by atoms with Crippen LogP contribution in [0.25, 0.3) is 0 Å². The highest BCUT2D eigenvalue weighted by molar-refractivity contribution is 5.43. The molecule has 1 N–H and O–H groups in total. The fourth-order valence-electron chi connectivity index (χ4n) is 1.82. The third-order valence-corrected chi connectivity index (χ3v) is 2.90. The van der Waals surface area contributed by atoms with Crippen molar-refractivity contribution in [3.63, 3.8) is 0 Å². The molecule has 1 aromatic heterocycles. The van der Waals surface area contributed by atoms with Crippen molar-refractivity contribution in [1.82, 2.24) is 14.9 Å². The zero-order valence-electron chi connectivity index (χ0n) is 11.5. The van der Waals surface area contributed by atoms with Gasteiger partial charge in [-0.2, -0.15) is 0 Å². The predicted octanol–water partition coefficient (Wildman–Crippen LogP) is 1.73. The van der Waals surface area contributed by atoms with Crippen LogP contribution >= 0.6 is 0 Å². The van der Waals surface area contributed by atoms with Crippen LogP contribution in [0.15, 0.2) is 30.7 Å². The Morgan fingerprint density at radius 2 is 2.16 bits per heavy atom. The van der Waals surface area contributed by atoms with Crippen molar-refractivity contribution in [3.05, 3.63) is 42.0 Å². The quantitative estimate of drug-likeness (QED) is 0.860. The van der Waals surface area contributed by atoms with Crippen LogP contribution in [0.4, 0.5) is 0 Å². The minimum atomic E-state index is 0.470. The van der Waals surface area contributed by atoms with Gasteiger partial charge in [0, 0.05) is 13.6 Å². The summed E-state index contributed by atoms with van der Waals surface area (Å²) in [7, 11) is 5.51. The van der Waals surface area contributed by atoms with Crippen LogP contribution in [0.2, 0.25) is 0 Å². The monoisotopic (exact) mass is 261 g/mol. The SMILES string of the molecule is CNCc1ccc(OCc2cncn2C)c(OC)c1. The molecule has 2 rings (SSSR count). The summed E-state index contributed by atoms with van der Waals surface area (Å²) in [5, 5.41) is 3.11. The average molecular weight is 261 g/mol. The van der Waals surface area contributed by atoms with E-state index >= 15 is 0 Å². The van der Waals surface area contributed by atoms with Crippen LogP contribution in [0.5, 0.6) is 11.5 Å². The summed E-state index contributed by atoms with van der Waals surface area (Å²) in [4.78, 5) is 4.06. The van der Waals surface area contributed by atoms with Crippen LogP contribution in [-0.2, 0) is 20.2 Å². The highest BCUT2D eigenvalue weighted by atomic mass is 16.5. The number of hydrogen-bond acceptors (Lipinski definition) is 4. The van der Waals surface area contributed by atoms with E-state index in [1.165, 1.54) is 0 Å². The Morgan fingerprint density at radius 3 is 2.79 bits per heavy atom. The van der Waals surface area contributed by atoms with Gasteiger partial charge in [0.1, 0.15) is 6.61 Å². The number of imidazole rings is 1. The molecule has 19 heavy (non-hydrogen) atoms. The smallest absolute Gasteiger partial charge is 0.161 e. The Balaban J connectivity index is 2.09. The van der Waals surface area contributed by atoms with Gasteiger partial charge in [0.15, 0.2) is 11.5 Å². The predicted molar refractivity (Wildman–Crippen MR) is 73.3 cm³/mol. The van der Waals surface area contributed by atoms with E-state index in [1.807, 2.05) is 36.9 Å². The number of nitrogens with one attached hydrogen (secondary N) is 1. The van der Waals surface area contributed by atoms with Crippen molar-refractivity contribution < 1.29 is 9.47 Å². The molecule has 0 unspecified atom stereocenters. The Morgan fingerprint density at radius 1 is 1.32 bits per heavy atom. The standard InChI is InChI=1S/C14H19N3O2/c1-15-7-11-4-5-13(14(6-11)18-3)19-9-12-8-16-10-17(12)2/h4-6,8,10,15H,7,9H2,1-3H3. The second kappa shape index (κ2) is 6.24. The van der Waals surface area contributed by atoms with E-state index in [0.29, 0.717) is 6.61 Å². The molecule has 1 heterocycles. The number of aromatic nitrogens is 2. The normalized spacial score (nSPS) is 10.5. The van der Waals surface area contributed by atoms with Gasteiger partial charge in [-0.1, -0.05) is 6.07 Å². The van der Waals surface area contributed by atoms with Gasteiger partial charge in [-0.25, -0.2) is 4.98 Å². The highest BCUT2D eigenvalue weighted by Crippen LogP contribution is 2.28. The fourth-order valence-corrected chi connectivity index (χ4v) is 1.82. The van der Waals surface area contributed by atoms with Crippen LogP contribution in [0.1, 0.15) is 11.3 Å². The molecule has 0 saturated heterocycles. The van der Waals surface area contributed by atoms with Gasteiger partial charge in [-0.3, -0.25) is 0 Å². The van der Waals surface area contributed by atoms with Crippen molar-refractivity contribution in [2.24, 2.45) is 7.05 Å². The van der Waals surface area contributed by atoms with Crippen LogP contribution in [0, 0.1) is 0 Å². The third kappa shape index (κ3) is 3.26. The van der Waals surface area contributed by atoms with Crippen molar-refractivity contribution in [2.75, 3.05) is 14.2 Å². The van der Waals surface area contributed by atoms with Gasteiger partial charge in [-0.05, 0) is 24.7 Å². The van der Waals surface area contributed by atoms with E-state index in [9.17, 15) is 0 Å². The summed E-state index contributed by atoms with van der Waals surface area (Å²) in [6, 6.07) is 5.94. The molecule has 1 aromatic carbocycles. The molecule has 0 fully saturated rings. The van der Waals surface area contributed by atoms with E-state index in [2.05, 4.69) is 10.3 Å². The van der Waals surface area contributed by atoms with Crippen molar-refractivity contribution in [1.29, 1.82) is 0 Å². The van der Waals surface area contributed by atoms with E-state index in [1.54, 1.807) is 19.6 Å². The fraction of sp³-hybridized carbons (Fsp3) is 0.357. The van der Waals surface area contributed by atoms with Gasteiger partial charge in [0.05, 0.1) is 25.3 Å². The van der Waals surface area contributed by atoms with Crippen LogP contribution in [-0.4, -0.2) is 23.7 Å². The number of rotatable bonds is 6. The number of benzene rings is 1. The maximum absolute atomic E-state index is 5.78. The first-order chi connectivity index (χ1) is 9.24. The Hall–Kier alpha value is -2.01. The second-order valence-electron chi connectivity index (χ2n) is 4.30. The summed E-state index contributed by atoms with van der Waals surface area (Å²) in [5.74, 6) is 1.48. The molecular formula is C14H19N3O2. The minimum Gasteiger partial charge on any atom is -0.493 e. The number of aryl methyl sites for hydroxylation is 1. The lowest BCUT2D eigenvalue weighted by Gasteiger charge is -2.12. The summed E-state index contributed by atoms with van der Waals surface area (Å²) in [6.45, 7) is 1.27. The van der Waals surface area contributed by atoms with Gasteiger partial charge < -0.3 is 19.4 Å². The summed E-state index contributed by atoms with van der Waals surface area (Å²) < 4.78 is 13.1. The molecule has 0 saturated carbocycles. The molecule has 5 heteroatoms. The van der Waals surface area contributed by atoms with E-state index < -0.39 is 0 Å². The Kier molecular flexibility index (Phi) is 4.41. The summed E-state index contributed by atoms with van der Waals surface area (Å²) >= 11 is 0. The molecule has 0 amide bonds. The number of hydrogen-bond donors (Lipinski definition) is 1. The molecule has 0 spiro atoms. The number of nitrogens with zero attached hydrogens (tertiary/aromatic N) is 2. The Bertz CT molecular complexity index is 537. The first kappa shape index (κ1) is 13.4. The van der Waals surface area contributed by atoms with Crippen LogP contribution in [0.3, 0.4) is 0 Å². The zero-order valence-corrected chi connectivity index (χ0v) is 11.5. The largest absolute Gasteiger partial charge is 0.493 e. The molecule has 0 radical (unpaired) electrons. The molecule has 102 valence electrons. The van der Waals surface area contributed by atoms with E-state index in [4.69, 9.17) is 9.47 Å². The van der Waals surface area contributed by atoms with E-state index in [-0.39, 0.29) is 0 Å². The van der Waals surface area contributed by atoms with Crippen molar-refractivity contribution >= 4 is 0 Å². The highest BCUT2D eigenvalue weighted by Gasteiger charge is 2.07. The lowest BCUT2D eigenvalue weighted by Crippen LogP contribution is -2.06. The lowest BCUT2D eigenvalue weighted by atomic mass is 10.2. The first-order valence-corrected chi connectivity index (χ1v) is 6.14. The van der Waals surface area contributed by atoms with Crippen LogP contribution < -0.4 is 14.8 Å². The molecule has 0 aliphatic carbocycles. The summed E-state index contributed by atoms with van der Waals surface area (Å²) in [5.41, 5.74) is 2.17. The molecular weight excluding hydrogens is 242 g/mol. The zero-order chi connectivity index (χ0) is 13.7. The van der Waals surface area contributed by atoms with E-state index in [0.717, 1.165) is 29.3 Å². The number of methoxy groups -OCH3 is 1. The van der Waals surface area contributed by atoms with Gasteiger partial charge >= 0.3 is 0 Å².